The van der Waals surface area contributed by atoms with Gasteiger partial charge in [-0.05, 0) is 42.4 Å². The molecule has 2 fully saturated rings. The highest BCUT2D eigenvalue weighted by Gasteiger charge is 2.38. The van der Waals surface area contributed by atoms with Crippen molar-refractivity contribution in [2.75, 3.05) is 0 Å². The topological polar surface area (TPSA) is 0 Å². The first-order chi connectivity index (χ1) is 9.50. The minimum atomic E-state index is 0.773. The largest absolute Gasteiger partial charge is 0.0654 e. The van der Waals surface area contributed by atoms with Crippen LogP contribution in [0, 0.1) is 23.2 Å². The molecule has 0 spiro atoms. The van der Waals surface area contributed by atoms with E-state index in [1.54, 1.807) is 0 Å². The highest BCUT2D eigenvalue weighted by Crippen LogP contribution is 2.50. The summed E-state index contributed by atoms with van der Waals surface area (Å²) in [5.74, 6) is 2.93. The zero-order valence-electron chi connectivity index (χ0n) is 15.0. The third-order valence-electron chi connectivity index (χ3n) is 5.95. The van der Waals surface area contributed by atoms with Gasteiger partial charge < -0.3 is 0 Å². The molecule has 0 aromatic rings. The van der Waals surface area contributed by atoms with Crippen LogP contribution >= 0.6 is 0 Å². The molecule has 0 heterocycles. The predicted octanol–water partition coefficient (Wildman–Crippen LogP) is 7.23. The van der Waals surface area contributed by atoms with Crippen LogP contribution < -0.4 is 0 Å². The van der Waals surface area contributed by atoms with E-state index in [0.29, 0.717) is 0 Å². The van der Waals surface area contributed by atoms with Gasteiger partial charge in [0.1, 0.15) is 0 Å². The van der Waals surface area contributed by atoms with Crippen LogP contribution in [-0.2, 0) is 0 Å². The fraction of sp³-hybridized carbons (Fsp3) is 1.00. The summed E-state index contributed by atoms with van der Waals surface area (Å²) in [6.07, 6.45) is 16.3. The molecule has 2 aliphatic carbocycles. The maximum Gasteiger partial charge on any atom is -0.0275 e. The van der Waals surface area contributed by atoms with Gasteiger partial charge in [-0.15, -0.1) is 0 Å². The average molecular weight is 281 g/mol. The summed E-state index contributed by atoms with van der Waals surface area (Å²) in [5.41, 5.74) is 0.773. The van der Waals surface area contributed by atoms with Crippen LogP contribution in [0.3, 0.4) is 0 Å². The van der Waals surface area contributed by atoms with Gasteiger partial charge in [-0.2, -0.15) is 0 Å². The molecule has 20 heavy (non-hydrogen) atoms. The lowest BCUT2D eigenvalue weighted by Crippen LogP contribution is -2.34. The summed E-state index contributed by atoms with van der Waals surface area (Å²) >= 11 is 0. The molecule has 0 heteroatoms. The van der Waals surface area contributed by atoms with Gasteiger partial charge in [-0.3, -0.25) is 0 Å². The second-order valence-corrected chi connectivity index (χ2v) is 8.24. The van der Waals surface area contributed by atoms with Crippen LogP contribution in [0.1, 0.15) is 105 Å². The smallest absolute Gasteiger partial charge is 0.0275 e. The zero-order chi connectivity index (χ0) is 15.0. The van der Waals surface area contributed by atoms with Gasteiger partial charge in [0.15, 0.2) is 0 Å². The standard InChI is InChI=1S/2C10H20/c1-9(2)7-8-10-5-3-4-6-10;1-4-6-10(9(2)3)7-5-8-10/h9-10H,3-8H2,1-2H3;9H,4-8H2,1-3H3. The van der Waals surface area contributed by atoms with Crippen molar-refractivity contribution in [2.45, 2.75) is 105 Å². The molecule has 0 N–H and O–H groups in total. The van der Waals surface area contributed by atoms with E-state index in [9.17, 15) is 0 Å². The summed E-state index contributed by atoms with van der Waals surface area (Å²) in [6, 6.07) is 0. The molecule has 0 amide bonds. The van der Waals surface area contributed by atoms with Gasteiger partial charge in [0.2, 0.25) is 0 Å². The molecule has 2 saturated carbocycles. The van der Waals surface area contributed by atoms with E-state index in [1.165, 1.54) is 70.6 Å². The molecule has 0 bridgehead atoms. The first-order valence-corrected chi connectivity index (χ1v) is 9.50. The molecule has 0 aliphatic heterocycles. The second kappa shape index (κ2) is 9.11. The van der Waals surface area contributed by atoms with Gasteiger partial charge in [0, 0.05) is 0 Å². The molecule has 0 atom stereocenters. The number of hydrogen-bond acceptors (Lipinski definition) is 0. The Labute approximate surface area is 129 Å². The Kier molecular flexibility index (Phi) is 8.22. The minimum Gasteiger partial charge on any atom is -0.0654 e. The minimum absolute atomic E-state index is 0.773. The third-order valence-corrected chi connectivity index (χ3v) is 5.95. The third kappa shape index (κ3) is 5.78. The normalized spacial score (nSPS) is 21.8. The van der Waals surface area contributed by atoms with Crippen LogP contribution in [0.2, 0.25) is 0 Å². The monoisotopic (exact) mass is 280 g/mol. The maximum absolute atomic E-state index is 2.38. The van der Waals surface area contributed by atoms with Gasteiger partial charge in [-0.25, -0.2) is 0 Å². The quantitative estimate of drug-likeness (QED) is 0.481. The van der Waals surface area contributed by atoms with Gasteiger partial charge in [0.25, 0.3) is 0 Å². The Hall–Kier alpha value is 0. The Balaban J connectivity index is 0.000000200. The summed E-state index contributed by atoms with van der Waals surface area (Å²) in [5, 5.41) is 0. The lowest BCUT2D eigenvalue weighted by Gasteiger charge is -2.45. The molecule has 0 nitrogen and oxygen atoms in total. The fourth-order valence-electron chi connectivity index (χ4n) is 4.11. The summed E-state index contributed by atoms with van der Waals surface area (Å²) in [4.78, 5) is 0. The van der Waals surface area contributed by atoms with E-state index in [2.05, 4.69) is 34.6 Å². The lowest BCUT2D eigenvalue weighted by molar-refractivity contribution is 0.0565. The Bertz CT molecular complexity index is 228. The number of hydrogen-bond donors (Lipinski definition) is 0. The van der Waals surface area contributed by atoms with Crippen molar-refractivity contribution in [3.05, 3.63) is 0 Å². The van der Waals surface area contributed by atoms with Crippen LogP contribution in [-0.4, -0.2) is 0 Å². The molecule has 0 aromatic carbocycles. The van der Waals surface area contributed by atoms with Crippen LogP contribution in [0.15, 0.2) is 0 Å². The van der Waals surface area contributed by atoms with Crippen molar-refractivity contribution in [3.63, 3.8) is 0 Å². The molecular formula is C20H40. The maximum atomic E-state index is 2.38. The SMILES string of the molecule is CC(C)CCC1CCCC1.CCCC1(C(C)C)CCC1. The highest BCUT2D eigenvalue weighted by atomic mass is 14.4. The van der Waals surface area contributed by atoms with Crippen LogP contribution in [0.5, 0.6) is 0 Å². The number of rotatable bonds is 6. The highest BCUT2D eigenvalue weighted by molar-refractivity contribution is 4.89. The van der Waals surface area contributed by atoms with E-state index >= 15 is 0 Å². The van der Waals surface area contributed by atoms with E-state index < -0.39 is 0 Å². The molecule has 0 unspecified atom stereocenters. The molecule has 2 aliphatic rings. The predicted molar refractivity (Wildman–Crippen MR) is 92.1 cm³/mol. The van der Waals surface area contributed by atoms with Crippen molar-refractivity contribution in [1.29, 1.82) is 0 Å². The van der Waals surface area contributed by atoms with Crippen molar-refractivity contribution < 1.29 is 0 Å². The summed E-state index contributed by atoms with van der Waals surface area (Å²) in [6.45, 7) is 11.7. The summed E-state index contributed by atoms with van der Waals surface area (Å²) in [7, 11) is 0. The molecule has 0 aromatic heterocycles. The Morgan fingerprint density at radius 1 is 0.950 bits per heavy atom. The molecule has 0 radical (unpaired) electrons. The van der Waals surface area contributed by atoms with Gasteiger partial charge >= 0.3 is 0 Å². The van der Waals surface area contributed by atoms with E-state index in [4.69, 9.17) is 0 Å². The molecule has 0 saturated heterocycles. The summed E-state index contributed by atoms with van der Waals surface area (Å²) < 4.78 is 0. The lowest BCUT2D eigenvalue weighted by atomic mass is 9.60. The van der Waals surface area contributed by atoms with Gasteiger partial charge in [0.05, 0.1) is 0 Å². The second-order valence-electron chi connectivity index (χ2n) is 8.24. The van der Waals surface area contributed by atoms with Crippen LogP contribution in [0.4, 0.5) is 0 Å². The Morgan fingerprint density at radius 3 is 1.85 bits per heavy atom. The molecule has 120 valence electrons. The fourth-order valence-corrected chi connectivity index (χ4v) is 4.11. The van der Waals surface area contributed by atoms with Crippen molar-refractivity contribution in [2.24, 2.45) is 23.2 Å². The Morgan fingerprint density at radius 2 is 1.55 bits per heavy atom. The molecular weight excluding hydrogens is 240 g/mol. The first-order valence-electron chi connectivity index (χ1n) is 9.50. The van der Waals surface area contributed by atoms with Gasteiger partial charge in [-0.1, -0.05) is 86.0 Å². The van der Waals surface area contributed by atoms with Crippen molar-refractivity contribution >= 4 is 0 Å². The first kappa shape index (κ1) is 18.1. The van der Waals surface area contributed by atoms with E-state index in [1.807, 2.05) is 0 Å². The van der Waals surface area contributed by atoms with Crippen LogP contribution in [0.25, 0.3) is 0 Å². The van der Waals surface area contributed by atoms with Crippen molar-refractivity contribution in [1.82, 2.24) is 0 Å². The van der Waals surface area contributed by atoms with E-state index in [-0.39, 0.29) is 0 Å². The van der Waals surface area contributed by atoms with E-state index in [0.717, 1.165) is 23.2 Å². The zero-order valence-corrected chi connectivity index (χ0v) is 15.0. The van der Waals surface area contributed by atoms with Crippen molar-refractivity contribution in [3.8, 4) is 0 Å². The molecule has 2 rings (SSSR count). The average Bonchev–Trinajstić information content (AvgIpc) is 2.84.